The maximum absolute atomic E-state index is 12.7. The van der Waals surface area contributed by atoms with Gasteiger partial charge >= 0.3 is 0 Å². The Bertz CT molecular complexity index is 1060. The lowest BCUT2D eigenvalue weighted by molar-refractivity contribution is 0.0997. The van der Waals surface area contributed by atoms with E-state index in [1.165, 1.54) is 31.4 Å². The molecule has 0 aromatic heterocycles. The quantitative estimate of drug-likeness (QED) is 0.663. The molecule has 0 unspecified atom stereocenters. The van der Waals surface area contributed by atoms with Crippen molar-refractivity contribution in [1.82, 2.24) is 4.72 Å². The second kappa shape index (κ2) is 8.22. The smallest absolute Gasteiger partial charge is 0.255 e. The van der Waals surface area contributed by atoms with Gasteiger partial charge in [-0.2, -0.15) is 0 Å². The molecule has 0 saturated carbocycles. The average molecular weight is 420 g/mol. The molecule has 0 aliphatic carbocycles. The standard InChI is InChI=1S/C20H25N3O5S/c1-12-10-14(7-8-15(12)18(21)24)22-19(25)13-6-9-16(28-5)17(11-13)29(26,27)23-20(2,3)4/h6-11,23H,1-5H3,(H2,21,24)(H,22,25). The summed E-state index contributed by atoms with van der Waals surface area (Å²) in [6.45, 7) is 6.84. The highest BCUT2D eigenvalue weighted by Crippen LogP contribution is 2.26. The second-order valence-corrected chi connectivity index (χ2v) is 9.22. The second-order valence-electron chi connectivity index (χ2n) is 7.57. The minimum atomic E-state index is -3.92. The Morgan fingerprint density at radius 3 is 2.24 bits per heavy atom. The van der Waals surface area contributed by atoms with Gasteiger partial charge in [-0.15, -0.1) is 0 Å². The van der Waals surface area contributed by atoms with Crippen LogP contribution in [0, 0.1) is 6.92 Å². The van der Waals surface area contributed by atoms with Crippen LogP contribution in [0.2, 0.25) is 0 Å². The van der Waals surface area contributed by atoms with E-state index in [0.717, 1.165) is 0 Å². The Morgan fingerprint density at radius 2 is 1.72 bits per heavy atom. The van der Waals surface area contributed by atoms with Gasteiger partial charge in [-0.05, 0) is 69.7 Å². The number of carbonyl (C=O) groups excluding carboxylic acids is 2. The topological polar surface area (TPSA) is 128 Å². The van der Waals surface area contributed by atoms with Crippen molar-refractivity contribution in [2.75, 3.05) is 12.4 Å². The largest absolute Gasteiger partial charge is 0.495 e. The molecule has 156 valence electrons. The van der Waals surface area contributed by atoms with E-state index in [9.17, 15) is 18.0 Å². The number of carbonyl (C=O) groups is 2. The summed E-state index contributed by atoms with van der Waals surface area (Å²) in [5.41, 5.74) is 6.13. The van der Waals surface area contributed by atoms with Crippen LogP contribution in [0.1, 0.15) is 47.1 Å². The average Bonchev–Trinajstić information content (AvgIpc) is 2.58. The van der Waals surface area contributed by atoms with Gasteiger partial charge in [-0.3, -0.25) is 9.59 Å². The van der Waals surface area contributed by atoms with Crippen LogP contribution in [0.15, 0.2) is 41.3 Å². The molecule has 0 bridgehead atoms. The normalized spacial score (nSPS) is 11.8. The van der Waals surface area contributed by atoms with Crippen LogP contribution >= 0.6 is 0 Å². The summed E-state index contributed by atoms with van der Waals surface area (Å²) in [6, 6.07) is 8.83. The van der Waals surface area contributed by atoms with Gasteiger partial charge in [0.05, 0.1) is 7.11 Å². The van der Waals surface area contributed by atoms with Gasteiger partial charge in [-0.1, -0.05) is 0 Å². The zero-order valence-corrected chi connectivity index (χ0v) is 17.8. The van der Waals surface area contributed by atoms with Gasteiger partial charge in [0.15, 0.2) is 0 Å². The first-order chi connectivity index (χ1) is 13.3. The number of hydrogen-bond donors (Lipinski definition) is 3. The fraction of sp³-hybridized carbons (Fsp3) is 0.300. The number of nitrogens with two attached hydrogens (primary N) is 1. The number of ether oxygens (including phenoxy) is 1. The molecule has 2 rings (SSSR count). The molecule has 0 aliphatic rings. The van der Waals surface area contributed by atoms with Crippen molar-refractivity contribution < 1.29 is 22.7 Å². The van der Waals surface area contributed by atoms with E-state index in [4.69, 9.17) is 10.5 Å². The number of anilines is 1. The first-order valence-electron chi connectivity index (χ1n) is 8.78. The summed E-state index contributed by atoms with van der Waals surface area (Å²) in [4.78, 5) is 23.8. The van der Waals surface area contributed by atoms with Crippen molar-refractivity contribution in [3.05, 3.63) is 53.1 Å². The van der Waals surface area contributed by atoms with Gasteiger partial charge in [-0.25, -0.2) is 13.1 Å². The van der Waals surface area contributed by atoms with Crippen LogP contribution in [0.25, 0.3) is 0 Å². The number of hydrogen-bond acceptors (Lipinski definition) is 5. The first-order valence-corrected chi connectivity index (χ1v) is 10.3. The van der Waals surface area contributed by atoms with Gasteiger partial charge in [0, 0.05) is 22.4 Å². The molecular formula is C20H25N3O5S. The van der Waals surface area contributed by atoms with Crippen molar-refractivity contribution in [3.63, 3.8) is 0 Å². The van der Waals surface area contributed by atoms with E-state index in [2.05, 4.69) is 10.0 Å². The molecule has 9 heteroatoms. The van der Waals surface area contributed by atoms with Gasteiger partial charge in [0.1, 0.15) is 10.6 Å². The first kappa shape index (κ1) is 22.4. The number of aryl methyl sites for hydroxylation is 1. The monoisotopic (exact) mass is 419 g/mol. The van der Waals surface area contributed by atoms with Gasteiger partial charge in [0.25, 0.3) is 5.91 Å². The highest BCUT2D eigenvalue weighted by Gasteiger charge is 2.26. The van der Waals surface area contributed by atoms with Crippen molar-refractivity contribution in [1.29, 1.82) is 0 Å². The molecular weight excluding hydrogens is 394 g/mol. The molecule has 0 fully saturated rings. The van der Waals surface area contributed by atoms with Crippen molar-refractivity contribution >= 4 is 27.5 Å². The van der Waals surface area contributed by atoms with Gasteiger partial charge < -0.3 is 15.8 Å². The summed E-state index contributed by atoms with van der Waals surface area (Å²) in [7, 11) is -2.56. The zero-order valence-electron chi connectivity index (χ0n) is 17.0. The minimum Gasteiger partial charge on any atom is -0.495 e. The van der Waals surface area contributed by atoms with Crippen LogP contribution in [0.5, 0.6) is 5.75 Å². The summed E-state index contributed by atoms with van der Waals surface area (Å²) >= 11 is 0. The number of sulfonamides is 1. The molecule has 0 saturated heterocycles. The van der Waals surface area contributed by atoms with Crippen molar-refractivity contribution in [2.24, 2.45) is 5.73 Å². The number of primary amides is 1. The van der Waals surface area contributed by atoms with E-state index in [1.54, 1.807) is 39.8 Å². The number of amides is 2. The van der Waals surface area contributed by atoms with Crippen molar-refractivity contribution in [2.45, 2.75) is 38.1 Å². The van der Waals surface area contributed by atoms with Crippen LogP contribution in [0.4, 0.5) is 5.69 Å². The highest BCUT2D eigenvalue weighted by molar-refractivity contribution is 7.89. The van der Waals surface area contributed by atoms with E-state index >= 15 is 0 Å². The number of nitrogens with one attached hydrogen (secondary N) is 2. The maximum Gasteiger partial charge on any atom is 0.255 e. The highest BCUT2D eigenvalue weighted by atomic mass is 32.2. The minimum absolute atomic E-state index is 0.125. The molecule has 0 radical (unpaired) electrons. The van der Waals surface area contributed by atoms with E-state index < -0.39 is 27.4 Å². The Morgan fingerprint density at radius 1 is 1.07 bits per heavy atom. The molecule has 2 aromatic rings. The summed E-state index contributed by atoms with van der Waals surface area (Å²) < 4.78 is 33.2. The third kappa shape index (κ3) is 5.55. The molecule has 4 N–H and O–H groups in total. The van der Waals surface area contributed by atoms with E-state index in [-0.39, 0.29) is 16.2 Å². The molecule has 0 spiro atoms. The molecule has 0 heterocycles. The Kier molecular flexibility index (Phi) is 6.34. The molecule has 0 aliphatic heterocycles. The van der Waals surface area contributed by atoms with Crippen LogP contribution in [0.3, 0.4) is 0 Å². The fourth-order valence-electron chi connectivity index (χ4n) is 2.71. The lowest BCUT2D eigenvalue weighted by Gasteiger charge is -2.21. The maximum atomic E-state index is 12.7. The zero-order chi connectivity index (χ0) is 22.0. The molecule has 2 aromatic carbocycles. The molecule has 8 nitrogen and oxygen atoms in total. The fourth-order valence-corrected chi connectivity index (χ4v) is 4.32. The third-order valence-corrected chi connectivity index (χ3v) is 5.68. The SMILES string of the molecule is COc1ccc(C(=O)Nc2ccc(C(N)=O)c(C)c2)cc1S(=O)(=O)NC(C)(C)C. The van der Waals surface area contributed by atoms with E-state index in [1.807, 2.05) is 0 Å². The van der Waals surface area contributed by atoms with Gasteiger partial charge in [0.2, 0.25) is 15.9 Å². The molecule has 0 atom stereocenters. The molecule has 2 amide bonds. The Labute approximate surface area is 170 Å². The third-order valence-electron chi connectivity index (χ3n) is 3.91. The predicted molar refractivity (Wildman–Crippen MR) is 111 cm³/mol. The number of rotatable bonds is 6. The van der Waals surface area contributed by atoms with Crippen molar-refractivity contribution in [3.8, 4) is 5.75 Å². The van der Waals surface area contributed by atoms with Crippen LogP contribution in [-0.2, 0) is 10.0 Å². The predicted octanol–water partition coefficient (Wildman–Crippen LogP) is 2.43. The summed E-state index contributed by atoms with van der Waals surface area (Å²) in [6.07, 6.45) is 0. The summed E-state index contributed by atoms with van der Waals surface area (Å²) in [5, 5.41) is 2.68. The number of methoxy groups -OCH3 is 1. The van der Waals surface area contributed by atoms with Crippen LogP contribution < -0.4 is 20.5 Å². The Balaban J connectivity index is 2.37. The lowest BCUT2D eigenvalue weighted by Crippen LogP contribution is -2.40. The Hall–Kier alpha value is -2.91. The number of benzene rings is 2. The van der Waals surface area contributed by atoms with E-state index in [0.29, 0.717) is 16.8 Å². The molecule has 29 heavy (non-hydrogen) atoms. The summed E-state index contributed by atoms with van der Waals surface area (Å²) in [5.74, 6) is -0.942. The van der Waals surface area contributed by atoms with Crippen LogP contribution in [-0.4, -0.2) is 32.9 Å². The lowest BCUT2D eigenvalue weighted by atomic mass is 10.1.